The number of hydrogen-bond donors (Lipinski definition) is 1. The van der Waals surface area contributed by atoms with Gasteiger partial charge in [0.2, 0.25) is 0 Å². The Kier molecular flexibility index (Phi) is 2.78. The number of hydrogen-bond acceptors (Lipinski definition) is 2. The normalized spacial score (nSPS) is 9.42. The molecule has 2 nitrogen and oxygen atoms in total. The molecule has 0 amide bonds. The molecule has 1 rings (SSSR count). The second-order valence-electron chi connectivity index (χ2n) is 2.43. The summed E-state index contributed by atoms with van der Waals surface area (Å²) in [6, 6.07) is 6.80. The maximum absolute atomic E-state index is 12.3. The minimum atomic E-state index is -0.567. The fourth-order valence-electron chi connectivity index (χ4n) is 1.02. The molecule has 0 unspecified atom stereocenters. The van der Waals surface area contributed by atoms with Crippen molar-refractivity contribution in [1.29, 1.82) is 5.26 Å². The molecular formula is C9H9FN2. The quantitative estimate of drug-likeness (QED) is 0.719. The Morgan fingerprint density at radius 1 is 1.42 bits per heavy atom. The van der Waals surface area contributed by atoms with Gasteiger partial charge in [0.25, 0.3) is 0 Å². The highest BCUT2D eigenvalue weighted by molar-refractivity contribution is 5.37. The van der Waals surface area contributed by atoms with Crippen LogP contribution in [-0.2, 0) is 13.2 Å². The second-order valence-corrected chi connectivity index (χ2v) is 2.43. The Hall–Kier alpha value is -1.40. The molecule has 0 saturated carbocycles. The van der Waals surface area contributed by atoms with Crippen molar-refractivity contribution in [1.82, 2.24) is 0 Å². The average Bonchev–Trinajstić information content (AvgIpc) is 2.16. The lowest BCUT2D eigenvalue weighted by molar-refractivity contribution is 0.482. The van der Waals surface area contributed by atoms with E-state index < -0.39 is 6.67 Å². The van der Waals surface area contributed by atoms with Gasteiger partial charge in [0.15, 0.2) is 0 Å². The summed E-state index contributed by atoms with van der Waals surface area (Å²) < 4.78 is 12.3. The highest BCUT2D eigenvalue weighted by atomic mass is 19.1. The van der Waals surface area contributed by atoms with Crippen LogP contribution >= 0.6 is 0 Å². The van der Waals surface area contributed by atoms with Crippen molar-refractivity contribution >= 4 is 0 Å². The van der Waals surface area contributed by atoms with Gasteiger partial charge in [-0.05, 0) is 23.3 Å². The molecule has 0 fully saturated rings. The average molecular weight is 164 g/mol. The first-order chi connectivity index (χ1) is 5.81. The summed E-state index contributed by atoms with van der Waals surface area (Å²) in [6.07, 6.45) is 0. The van der Waals surface area contributed by atoms with E-state index >= 15 is 0 Å². The van der Waals surface area contributed by atoms with Gasteiger partial charge in [0, 0.05) is 6.54 Å². The van der Waals surface area contributed by atoms with Crippen LogP contribution in [0.4, 0.5) is 4.39 Å². The first-order valence-electron chi connectivity index (χ1n) is 3.59. The highest BCUT2D eigenvalue weighted by Gasteiger charge is 2.01. The van der Waals surface area contributed by atoms with Crippen molar-refractivity contribution in [3.05, 3.63) is 34.9 Å². The van der Waals surface area contributed by atoms with Gasteiger partial charge in [-0.2, -0.15) is 5.26 Å². The largest absolute Gasteiger partial charge is 0.326 e. The van der Waals surface area contributed by atoms with Crippen molar-refractivity contribution in [2.75, 3.05) is 0 Å². The van der Waals surface area contributed by atoms with Gasteiger partial charge in [-0.25, -0.2) is 4.39 Å². The van der Waals surface area contributed by atoms with Crippen molar-refractivity contribution < 1.29 is 4.39 Å². The van der Waals surface area contributed by atoms with Crippen LogP contribution in [0.25, 0.3) is 0 Å². The summed E-state index contributed by atoms with van der Waals surface area (Å²) in [6.45, 7) is -0.257. The summed E-state index contributed by atoms with van der Waals surface area (Å²) in [7, 11) is 0. The van der Waals surface area contributed by atoms with E-state index in [0.717, 1.165) is 5.56 Å². The van der Waals surface area contributed by atoms with Crippen molar-refractivity contribution in [2.45, 2.75) is 13.2 Å². The zero-order chi connectivity index (χ0) is 8.97. The minimum Gasteiger partial charge on any atom is -0.326 e. The molecule has 0 saturated heterocycles. The van der Waals surface area contributed by atoms with Crippen LogP contribution in [0.2, 0.25) is 0 Å². The second kappa shape index (κ2) is 3.84. The van der Waals surface area contributed by atoms with E-state index in [1.165, 1.54) is 6.07 Å². The number of benzene rings is 1. The third-order valence-electron chi connectivity index (χ3n) is 1.70. The molecule has 62 valence electrons. The number of nitriles is 1. The number of alkyl halides is 1. The SMILES string of the molecule is N#Cc1ccc(CN)c(CF)c1. The lowest BCUT2D eigenvalue weighted by atomic mass is 10.1. The first kappa shape index (κ1) is 8.69. The first-order valence-corrected chi connectivity index (χ1v) is 3.59. The molecule has 0 radical (unpaired) electrons. The van der Waals surface area contributed by atoms with Crippen LogP contribution in [0.15, 0.2) is 18.2 Å². The third kappa shape index (κ3) is 1.60. The van der Waals surface area contributed by atoms with Gasteiger partial charge in [-0.3, -0.25) is 0 Å². The molecular weight excluding hydrogens is 155 g/mol. The smallest absolute Gasteiger partial charge is 0.115 e. The van der Waals surface area contributed by atoms with Gasteiger partial charge in [0.05, 0.1) is 11.6 Å². The number of rotatable bonds is 2. The predicted octanol–water partition coefficient (Wildman–Crippen LogP) is 1.49. The Labute approximate surface area is 70.4 Å². The van der Waals surface area contributed by atoms with E-state index in [2.05, 4.69) is 0 Å². The van der Waals surface area contributed by atoms with Crippen LogP contribution in [-0.4, -0.2) is 0 Å². The lowest BCUT2D eigenvalue weighted by Gasteiger charge is -2.02. The Morgan fingerprint density at radius 2 is 2.17 bits per heavy atom. The van der Waals surface area contributed by atoms with Gasteiger partial charge in [-0.1, -0.05) is 6.07 Å². The molecule has 0 heterocycles. The number of halogens is 1. The van der Waals surface area contributed by atoms with Crippen LogP contribution in [0.5, 0.6) is 0 Å². The molecule has 2 N–H and O–H groups in total. The standard InChI is InChI=1S/C9H9FN2/c10-4-9-3-7(5-11)1-2-8(9)6-12/h1-3H,4,6,12H2. The van der Waals surface area contributed by atoms with Crippen LogP contribution in [0.1, 0.15) is 16.7 Å². The van der Waals surface area contributed by atoms with Crippen LogP contribution < -0.4 is 5.73 Å². The summed E-state index contributed by atoms with van der Waals surface area (Å²) in [5, 5.41) is 8.52. The Bertz CT molecular complexity index is 315. The molecule has 0 atom stereocenters. The summed E-state index contributed by atoms with van der Waals surface area (Å²) >= 11 is 0. The van der Waals surface area contributed by atoms with E-state index in [4.69, 9.17) is 11.0 Å². The Morgan fingerprint density at radius 3 is 2.67 bits per heavy atom. The van der Waals surface area contributed by atoms with E-state index in [0.29, 0.717) is 17.7 Å². The highest BCUT2D eigenvalue weighted by Crippen LogP contribution is 2.12. The maximum atomic E-state index is 12.3. The number of nitrogens with two attached hydrogens (primary N) is 1. The van der Waals surface area contributed by atoms with Gasteiger partial charge in [-0.15, -0.1) is 0 Å². The molecule has 0 bridgehead atoms. The fraction of sp³-hybridized carbons (Fsp3) is 0.222. The molecule has 0 spiro atoms. The van der Waals surface area contributed by atoms with Crippen LogP contribution in [0, 0.1) is 11.3 Å². The van der Waals surface area contributed by atoms with E-state index in [1.54, 1.807) is 12.1 Å². The summed E-state index contributed by atoms with van der Waals surface area (Å²) in [5.74, 6) is 0. The molecule has 0 aliphatic rings. The van der Waals surface area contributed by atoms with Crippen molar-refractivity contribution in [2.24, 2.45) is 5.73 Å². The molecule has 1 aromatic rings. The molecule has 3 heteroatoms. The lowest BCUT2D eigenvalue weighted by Crippen LogP contribution is -2.00. The zero-order valence-electron chi connectivity index (χ0n) is 6.55. The Balaban J connectivity index is 3.13. The maximum Gasteiger partial charge on any atom is 0.115 e. The van der Waals surface area contributed by atoms with Gasteiger partial charge >= 0.3 is 0 Å². The topological polar surface area (TPSA) is 49.8 Å². The molecule has 1 aromatic carbocycles. The van der Waals surface area contributed by atoms with E-state index in [-0.39, 0.29) is 0 Å². The molecule has 0 aliphatic carbocycles. The summed E-state index contributed by atoms with van der Waals surface area (Å²) in [4.78, 5) is 0. The predicted molar refractivity (Wildman–Crippen MR) is 43.9 cm³/mol. The fourth-order valence-corrected chi connectivity index (χ4v) is 1.02. The van der Waals surface area contributed by atoms with Crippen molar-refractivity contribution in [3.63, 3.8) is 0 Å². The monoisotopic (exact) mass is 164 g/mol. The minimum absolute atomic E-state index is 0.310. The van der Waals surface area contributed by atoms with Gasteiger partial charge in [0.1, 0.15) is 6.67 Å². The van der Waals surface area contributed by atoms with Crippen molar-refractivity contribution in [3.8, 4) is 6.07 Å². The molecule has 12 heavy (non-hydrogen) atoms. The molecule has 0 aromatic heterocycles. The zero-order valence-corrected chi connectivity index (χ0v) is 6.55. The van der Waals surface area contributed by atoms with E-state index in [9.17, 15) is 4.39 Å². The van der Waals surface area contributed by atoms with E-state index in [1.807, 2.05) is 6.07 Å². The third-order valence-corrected chi connectivity index (χ3v) is 1.70. The molecule has 0 aliphatic heterocycles. The van der Waals surface area contributed by atoms with Crippen LogP contribution in [0.3, 0.4) is 0 Å². The van der Waals surface area contributed by atoms with Gasteiger partial charge < -0.3 is 5.73 Å². The summed E-state index contributed by atoms with van der Waals surface area (Å²) in [5.41, 5.74) is 7.11. The number of nitrogens with zero attached hydrogens (tertiary/aromatic N) is 1.